The Morgan fingerprint density at radius 2 is 1.88 bits per heavy atom. The quantitative estimate of drug-likeness (QED) is 0.875. The van der Waals surface area contributed by atoms with E-state index in [0.29, 0.717) is 18.9 Å². The first kappa shape index (κ1) is 16.9. The highest BCUT2D eigenvalue weighted by molar-refractivity contribution is 5.79. The van der Waals surface area contributed by atoms with Crippen LogP contribution in [0.4, 0.5) is 8.78 Å². The summed E-state index contributed by atoms with van der Waals surface area (Å²) in [7, 11) is 0. The Balaban J connectivity index is 1.57. The zero-order valence-electron chi connectivity index (χ0n) is 14.2. The monoisotopic (exact) mass is 350 g/mol. The molecular formula is C18H24F2N4O. The van der Waals surface area contributed by atoms with E-state index in [4.69, 9.17) is 0 Å². The number of amides is 1. The average molecular weight is 350 g/mol. The standard InChI is InChI=1S/C18H24F2N4O/c19-15-7-3-8-16(20)14(15)11-23-12-18(21-22-23,13-5-1-2-6-13)24-10-4-9-17(24)25/h3,7-8,13,21-22H,1-2,4-6,9-12H2. The summed E-state index contributed by atoms with van der Waals surface area (Å²) in [5.41, 5.74) is 5.98. The molecular weight excluding hydrogens is 326 g/mol. The van der Waals surface area contributed by atoms with Crippen molar-refractivity contribution in [2.45, 2.75) is 50.7 Å². The largest absolute Gasteiger partial charge is 0.322 e. The van der Waals surface area contributed by atoms with Crippen LogP contribution in [0.2, 0.25) is 0 Å². The van der Waals surface area contributed by atoms with Gasteiger partial charge in [0.1, 0.15) is 17.3 Å². The third-order valence-electron chi connectivity index (χ3n) is 5.86. The van der Waals surface area contributed by atoms with Crippen LogP contribution >= 0.6 is 0 Å². The highest BCUT2D eigenvalue weighted by atomic mass is 19.1. The number of hydrogen-bond acceptors (Lipinski definition) is 4. The van der Waals surface area contributed by atoms with Gasteiger partial charge in [-0.15, -0.1) is 0 Å². The van der Waals surface area contributed by atoms with Crippen molar-refractivity contribution in [3.8, 4) is 0 Å². The zero-order chi connectivity index (χ0) is 17.4. The molecule has 2 N–H and O–H groups in total. The van der Waals surface area contributed by atoms with Crippen LogP contribution in [0.25, 0.3) is 0 Å². The predicted octanol–water partition coefficient (Wildman–Crippen LogP) is 2.30. The third kappa shape index (κ3) is 2.94. The van der Waals surface area contributed by atoms with Crippen molar-refractivity contribution in [2.24, 2.45) is 5.92 Å². The molecule has 2 heterocycles. The first-order valence-electron chi connectivity index (χ1n) is 9.11. The van der Waals surface area contributed by atoms with E-state index in [0.717, 1.165) is 38.6 Å². The molecule has 0 aromatic heterocycles. The molecule has 0 radical (unpaired) electrons. The van der Waals surface area contributed by atoms with E-state index in [2.05, 4.69) is 11.0 Å². The van der Waals surface area contributed by atoms with Gasteiger partial charge in [0.2, 0.25) is 5.91 Å². The Hall–Kier alpha value is -1.57. The highest BCUT2D eigenvalue weighted by Gasteiger charge is 2.52. The lowest BCUT2D eigenvalue weighted by Crippen LogP contribution is -2.63. The van der Waals surface area contributed by atoms with Gasteiger partial charge in [0.15, 0.2) is 0 Å². The van der Waals surface area contributed by atoms with Gasteiger partial charge in [-0.2, -0.15) is 5.53 Å². The summed E-state index contributed by atoms with van der Waals surface area (Å²) in [5.74, 6) is -0.563. The summed E-state index contributed by atoms with van der Waals surface area (Å²) in [6.07, 6.45) is 5.92. The molecule has 1 saturated carbocycles. The summed E-state index contributed by atoms with van der Waals surface area (Å²) < 4.78 is 28.0. The number of likely N-dealkylation sites (tertiary alicyclic amines) is 1. The summed E-state index contributed by atoms with van der Waals surface area (Å²) in [5, 5.41) is 1.78. The average Bonchev–Trinajstić information content (AvgIpc) is 3.32. The number of benzene rings is 1. The lowest BCUT2D eigenvalue weighted by atomic mass is 9.89. The summed E-state index contributed by atoms with van der Waals surface area (Å²) in [4.78, 5) is 14.4. The molecule has 1 unspecified atom stereocenters. The Morgan fingerprint density at radius 1 is 1.16 bits per heavy atom. The number of halogens is 2. The molecule has 136 valence electrons. The number of hydrazine groups is 2. The molecule has 3 fully saturated rings. The Bertz CT molecular complexity index is 644. The number of rotatable bonds is 4. The van der Waals surface area contributed by atoms with E-state index in [9.17, 15) is 13.6 Å². The second-order valence-corrected chi connectivity index (χ2v) is 7.35. The van der Waals surface area contributed by atoms with E-state index in [-0.39, 0.29) is 18.0 Å². The summed E-state index contributed by atoms with van der Waals surface area (Å²) in [6, 6.07) is 3.92. The molecule has 1 atom stereocenters. The fourth-order valence-corrected chi connectivity index (χ4v) is 4.59. The van der Waals surface area contributed by atoms with Gasteiger partial charge < -0.3 is 4.90 Å². The third-order valence-corrected chi connectivity index (χ3v) is 5.86. The fraction of sp³-hybridized carbons (Fsp3) is 0.611. The first-order valence-corrected chi connectivity index (χ1v) is 9.11. The topological polar surface area (TPSA) is 47.6 Å². The van der Waals surface area contributed by atoms with Crippen LogP contribution in [-0.4, -0.2) is 34.6 Å². The van der Waals surface area contributed by atoms with E-state index in [1.54, 1.807) is 5.01 Å². The zero-order valence-corrected chi connectivity index (χ0v) is 14.2. The van der Waals surface area contributed by atoms with Crippen LogP contribution < -0.4 is 11.0 Å². The molecule has 1 aromatic carbocycles. The number of nitrogens with one attached hydrogen (secondary N) is 2. The van der Waals surface area contributed by atoms with Crippen LogP contribution in [0.1, 0.15) is 44.1 Å². The van der Waals surface area contributed by atoms with E-state index in [1.807, 2.05) is 4.90 Å². The molecule has 0 bridgehead atoms. The van der Waals surface area contributed by atoms with E-state index < -0.39 is 17.3 Å². The number of hydrogen-bond donors (Lipinski definition) is 2. The molecule has 2 saturated heterocycles. The predicted molar refractivity (Wildman–Crippen MR) is 88.7 cm³/mol. The van der Waals surface area contributed by atoms with Crippen molar-refractivity contribution in [3.05, 3.63) is 35.4 Å². The molecule has 0 spiro atoms. The maximum absolute atomic E-state index is 14.0. The molecule has 1 aromatic rings. The lowest BCUT2D eigenvalue weighted by Gasteiger charge is -2.42. The minimum Gasteiger partial charge on any atom is -0.322 e. The minimum atomic E-state index is -0.544. The molecule has 5 nitrogen and oxygen atoms in total. The second-order valence-electron chi connectivity index (χ2n) is 7.35. The normalized spacial score (nSPS) is 28.4. The summed E-state index contributed by atoms with van der Waals surface area (Å²) >= 11 is 0. The maximum atomic E-state index is 14.0. The van der Waals surface area contributed by atoms with Crippen LogP contribution in [-0.2, 0) is 11.3 Å². The smallest absolute Gasteiger partial charge is 0.224 e. The molecule has 4 rings (SSSR count). The van der Waals surface area contributed by atoms with E-state index in [1.165, 1.54) is 18.2 Å². The molecule has 3 aliphatic rings. The molecule has 2 aliphatic heterocycles. The van der Waals surface area contributed by atoms with Gasteiger partial charge in [-0.1, -0.05) is 18.9 Å². The van der Waals surface area contributed by atoms with Gasteiger partial charge >= 0.3 is 0 Å². The van der Waals surface area contributed by atoms with Crippen molar-refractivity contribution in [1.82, 2.24) is 20.9 Å². The Labute approximate surface area is 146 Å². The lowest BCUT2D eigenvalue weighted by molar-refractivity contribution is -0.136. The van der Waals surface area contributed by atoms with Gasteiger partial charge in [0, 0.05) is 25.1 Å². The summed E-state index contributed by atoms with van der Waals surface area (Å²) in [6.45, 7) is 1.38. The number of carbonyl (C=O) groups excluding carboxylic acids is 1. The SMILES string of the molecule is O=C1CCCN1C1(C2CCCC2)CN(Cc2c(F)cccc2F)NN1. The van der Waals surface area contributed by atoms with Crippen molar-refractivity contribution in [2.75, 3.05) is 13.1 Å². The molecule has 1 amide bonds. The second kappa shape index (κ2) is 6.63. The maximum Gasteiger partial charge on any atom is 0.224 e. The number of nitrogens with zero attached hydrogens (tertiary/aromatic N) is 2. The van der Waals surface area contributed by atoms with Crippen LogP contribution in [0.3, 0.4) is 0 Å². The highest BCUT2D eigenvalue weighted by Crippen LogP contribution is 2.40. The van der Waals surface area contributed by atoms with Gasteiger partial charge in [-0.05, 0) is 37.3 Å². The van der Waals surface area contributed by atoms with Gasteiger partial charge in [0.25, 0.3) is 0 Å². The Morgan fingerprint density at radius 3 is 2.52 bits per heavy atom. The fourth-order valence-electron chi connectivity index (χ4n) is 4.59. The van der Waals surface area contributed by atoms with Gasteiger partial charge in [0.05, 0.1) is 6.54 Å². The van der Waals surface area contributed by atoms with Crippen LogP contribution in [0, 0.1) is 17.6 Å². The van der Waals surface area contributed by atoms with Crippen molar-refractivity contribution in [3.63, 3.8) is 0 Å². The molecule has 7 heteroatoms. The van der Waals surface area contributed by atoms with E-state index >= 15 is 0 Å². The van der Waals surface area contributed by atoms with Crippen molar-refractivity contribution >= 4 is 5.91 Å². The Kier molecular flexibility index (Phi) is 4.47. The van der Waals surface area contributed by atoms with Crippen LogP contribution in [0.15, 0.2) is 18.2 Å². The number of carbonyl (C=O) groups is 1. The van der Waals surface area contributed by atoms with Crippen LogP contribution in [0.5, 0.6) is 0 Å². The first-order chi connectivity index (χ1) is 12.1. The van der Waals surface area contributed by atoms with Crippen molar-refractivity contribution in [1.29, 1.82) is 0 Å². The molecule has 1 aliphatic carbocycles. The van der Waals surface area contributed by atoms with Gasteiger partial charge in [-0.3, -0.25) is 4.79 Å². The van der Waals surface area contributed by atoms with Crippen molar-refractivity contribution < 1.29 is 13.6 Å². The minimum absolute atomic E-state index is 0.0479. The van der Waals surface area contributed by atoms with Gasteiger partial charge in [-0.25, -0.2) is 19.2 Å². The molecule has 25 heavy (non-hydrogen) atoms.